The molecule has 2 atom stereocenters. The van der Waals surface area contributed by atoms with Gasteiger partial charge in [-0.2, -0.15) is 0 Å². The molecular weight excluding hydrogens is 222 g/mol. The number of allylic oxidation sites excluding steroid dienone is 1. The molecule has 0 rings (SSSR count). The minimum Gasteiger partial charge on any atom is -0.377 e. The second kappa shape index (κ2) is 12.7. The molecule has 0 heterocycles. The Labute approximate surface area is 113 Å². The molecule has 2 heteroatoms. The van der Waals surface area contributed by atoms with Gasteiger partial charge in [-0.15, -0.1) is 0 Å². The Balaban J connectivity index is 3.71. The average molecular weight is 251 g/mol. The minimum atomic E-state index is 0.224. The van der Waals surface area contributed by atoms with Gasteiger partial charge in [0.2, 0.25) is 0 Å². The van der Waals surface area contributed by atoms with Crippen LogP contribution in [-0.4, -0.2) is 26.3 Å². The van der Waals surface area contributed by atoms with E-state index >= 15 is 0 Å². The van der Waals surface area contributed by atoms with Crippen LogP contribution in [0.3, 0.4) is 0 Å². The molecule has 2 nitrogen and oxygen atoms in total. The molecule has 18 heavy (non-hydrogen) atoms. The second-order valence-corrected chi connectivity index (χ2v) is 4.56. The van der Waals surface area contributed by atoms with Gasteiger partial charge in [0.15, 0.2) is 0 Å². The van der Waals surface area contributed by atoms with Crippen molar-refractivity contribution in [2.24, 2.45) is 5.92 Å². The summed E-state index contributed by atoms with van der Waals surface area (Å²) in [7, 11) is 1.75. The van der Waals surface area contributed by atoms with Crippen LogP contribution >= 0.6 is 0 Å². The van der Waals surface area contributed by atoms with Crippen molar-refractivity contribution in [3.63, 3.8) is 0 Å². The van der Waals surface area contributed by atoms with Gasteiger partial charge in [-0.1, -0.05) is 50.7 Å². The summed E-state index contributed by atoms with van der Waals surface area (Å²) in [4.78, 5) is 0. The molecule has 0 saturated heterocycles. The Morgan fingerprint density at radius 2 is 2.00 bits per heavy atom. The molecular formula is C16H29NO. The van der Waals surface area contributed by atoms with Gasteiger partial charge >= 0.3 is 0 Å². The van der Waals surface area contributed by atoms with Crippen molar-refractivity contribution < 1.29 is 4.74 Å². The maximum absolute atomic E-state index is 5.28. The van der Waals surface area contributed by atoms with Crippen LogP contribution in [0.1, 0.15) is 46.5 Å². The lowest BCUT2D eigenvalue weighted by Crippen LogP contribution is -2.15. The topological polar surface area (TPSA) is 21.3 Å². The Bertz CT molecular complexity index is 258. The Morgan fingerprint density at radius 3 is 2.61 bits per heavy atom. The lowest BCUT2D eigenvalue weighted by molar-refractivity contribution is 0.137. The zero-order valence-electron chi connectivity index (χ0n) is 12.5. The summed E-state index contributed by atoms with van der Waals surface area (Å²) in [5.41, 5.74) is 0. The molecule has 0 saturated carbocycles. The number of hydrogen-bond donors (Lipinski definition) is 1. The van der Waals surface area contributed by atoms with E-state index in [2.05, 4.69) is 50.1 Å². The van der Waals surface area contributed by atoms with E-state index in [1.54, 1.807) is 7.11 Å². The minimum absolute atomic E-state index is 0.224. The lowest BCUT2D eigenvalue weighted by atomic mass is 10.1. The van der Waals surface area contributed by atoms with E-state index in [1.807, 2.05) is 0 Å². The van der Waals surface area contributed by atoms with Crippen molar-refractivity contribution in [1.29, 1.82) is 0 Å². The van der Waals surface area contributed by atoms with Crippen LogP contribution < -0.4 is 5.32 Å². The monoisotopic (exact) mass is 251 g/mol. The first-order chi connectivity index (χ1) is 8.74. The molecule has 0 aliphatic carbocycles. The highest BCUT2D eigenvalue weighted by Gasteiger charge is 1.98. The summed E-state index contributed by atoms with van der Waals surface area (Å²) in [5, 5.41) is 3.34. The van der Waals surface area contributed by atoms with Crippen molar-refractivity contribution in [2.75, 3.05) is 20.2 Å². The van der Waals surface area contributed by atoms with Crippen molar-refractivity contribution in [3.05, 3.63) is 12.2 Å². The first-order valence-electron chi connectivity index (χ1n) is 7.14. The predicted octanol–water partition coefficient (Wildman–Crippen LogP) is 3.39. The fraction of sp³-hybridized carbons (Fsp3) is 0.750. The largest absolute Gasteiger partial charge is 0.377 e. The Morgan fingerprint density at radius 1 is 1.22 bits per heavy atom. The highest BCUT2D eigenvalue weighted by molar-refractivity contribution is 5.11. The molecule has 0 fully saturated rings. The van der Waals surface area contributed by atoms with Crippen LogP contribution in [-0.2, 0) is 4.74 Å². The SMILES string of the molecule is CCCCCNCC#CC(C)/C=C/C(CC)OC. The zero-order chi connectivity index (χ0) is 13.6. The fourth-order valence-electron chi connectivity index (χ4n) is 1.58. The number of unbranched alkanes of at least 4 members (excludes halogenated alkanes) is 2. The molecule has 0 aliphatic heterocycles. The van der Waals surface area contributed by atoms with E-state index in [0.29, 0.717) is 5.92 Å². The zero-order valence-corrected chi connectivity index (χ0v) is 12.5. The summed E-state index contributed by atoms with van der Waals surface area (Å²) in [5.74, 6) is 6.69. The van der Waals surface area contributed by atoms with Gasteiger partial charge in [-0.05, 0) is 26.3 Å². The average Bonchev–Trinajstić information content (AvgIpc) is 2.39. The van der Waals surface area contributed by atoms with Gasteiger partial charge in [0.25, 0.3) is 0 Å². The Hall–Kier alpha value is -0.780. The van der Waals surface area contributed by atoms with Crippen LogP contribution in [0.25, 0.3) is 0 Å². The third kappa shape index (κ3) is 10.4. The third-order valence-corrected chi connectivity index (χ3v) is 2.82. The van der Waals surface area contributed by atoms with Crippen molar-refractivity contribution >= 4 is 0 Å². The van der Waals surface area contributed by atoms with Gasteiger partial charge in [0, 0.05) is 13.0 Å². The van der Waals surface area contributed by atoms with Crippen LogP contribution in [0.4, 0.5) is 0 Å². The van der Waals surface area contributed by atoms with Crippen molar-refractivity contribution in [2.45, 2.75) is 52.6 Å². The molecule has 0 amide bonds. The lowest BCUT2D eigenvalue weighted by Gasteiger charge is -2.06. The number of ether oxygens (including phenoxy) is 1. The normalized spacial score (nSPS) is 14.2. The highest BCUT2D eigenvalue weighted by atomic mass is 16.5. The molecule has 104 valence electrons. The first kappa shape index (κ1) is 17.2. The van der Waals surface area contributed by atoms with Gasteiger partial charge in [-0.3, -0.25) is 0 Å². The van der Waals surface area contributed by atoms with Gasteiger partial charge in [0.1, 0.15) is 0 Å². The second-order valence-electron chi connectivity index (χ2n) is 4.56. The molecule has 2 unspecified atom stereocenters. The molecule has 0 aliphatic rings. The number of nitrogens with one attached hydrogen (secondary N) is 1. The fourth-order valence-corrected chi connectivity index (χ4v) is 1.58. The van der Waals surface area contributed by atoms with E-state index in [9.17, 15) is 0 Å². The number of methoxy groups -OCH3 is 1. The summed E-state index contributed by atoms with van der Waals surface area (Å²) < 4.78 is 5.28. The molecule has 0 aromatic rings. The number of hydrogen-bond acceptors (Lipinski definition) is 2. The number of rotatable bonds is 9. The smallest absolute Gasteiger partial charge is 0.0749 e. The predicted molar refractivity (Wildman–Crippen MR) is 79.6 cm³/mol. The summed E-state index contributed by atoms with van der Waals surface area (Å²) in [6.07, 6.45) is 9.28. The molecule has 1 N–H and O–H groups in total. The summed E-state index contributed by atoms with van der Waals surface area (Å²) in [6.45, 7) is 8.33. The van der Waals surface area contributed by atoms with Crippen LogP contribution in [0.2, 0.25) is 0 Å². The van der Waals surface area contributed by atoms with Gasteiger partial charge in [0.05, 0.1) is 12.6 Å². The van der Waals surface area contributed by atoms with Crippen LogP contribution in [0.15, 0.2) is 12.2 Å². The first-order valence-corrected chi connectivity index (χ1v) is 7.14. The van der Waals surface area contributed by atoms with Crippen molar-refractivity contribution in [1.82, 2.24) is 5.32 Å². The van der Waals surface area contributed by atoms with Gasteiger partial charge < -0.3 is 10.1 Å². The maximum Gasteiger partial charge on any atom is 0.0749 e. The third-order valence-electron chi connectivity index (χ3n) is 2.82. The quantitative estimate of drug-likeness (QED) is 0.385. The van der Waals surface area contributed by atoms with E-state index in [0.717, 1.165) is 19.5 Å². The molecule has 0 radical (unpaired) electrons. The standard InChI is InChI=1S/C16H29NO/c1-5-7-8-13-17-14-9-10-15(3)11-12-16(6-2)18-4/h11-12,15-17H,5-8,13-14H2,1-4H3/b12-11+. The summed E-state index contributed by atoms with van der Waals surface area (Å²) in [6, 6.07) is 0. The van der Waals surface area contributed by atoms with Crippen LogP contribution in [0, 0.1) is 17.8 Å². The van der Waals surface area contributed by atoms with Crippen LogP contribution in [0.5, 0.6) is 0 Å². The molecule has 0 bridgehead atoms. The van der Waals surface area contributed by atoms with E-state index in [-0.39, 0.29) is 6.10 Å². The summed E-state index contributed by atoms with van der Waals surface area (Å²) >= 11 is 0. The van der Waals surface area contributed by atoms with Gasteiger partial charge in [-0.25, -0.2) is 0 Å². The van der Waals surface area contributed by atoms with E-state index in [1.165, 1.54) is 19.3 Å². The molecule has 0 aromatic carbocycles. The van der Waals surface area contributed by atoms with Crippen molar-refractivity contribution in [3.8, 4) is 11.8 Å². The van der Waals surface area contributed by atoms with E-state index in [4.69, 9.17) is 4.74 Å². The Kier molecular flexibility index (Phi) is 12.1. The highest BCUT2D eigenvalue weighted by Crippen LogP contribution is 2.02. The molecule has 0 spiro atoms. The molecule has 0 aromatic heterocycles. The maximum atomic E-state index is 5.28. The van der Waals surface area contributed by atoms with E-state index < -0.39 is 0 Å².